The molecule has 0 saturated carbocycles. The first-order valence-electron chi connectivity index (χ1n) is 6.52. The van der Waals surface area contributed by atoms with Crippen LogP contribution >= 0.6 is 0 Å². The fourth-order valence-electron chi connectivity index (χ4n) is 1.85. The van der Waals surface area contributed by atoms with E-state index in [-0.39, 0.29) is 0 Å². The molecule has 16 heavy (non-hydrogen) atoms. The van der Waals surface area contributed by atoms with Gasteiger partial charge in [-0.1, -0.05) is 0 Å². The molecule has 0 aliphatic rings. The average molecular weight is 347 g/mol. The Labute approximate surface area is 109 Å². The van der Waals surface area contributed by atoms with Crippen molar-refractivity contribution in [2.75, 3.05) is 0 Å². The SMILES string of the molecule is CC(C)/[C](=C/[Si](C)(C)C(C)(C)C)[Sn]([CH3])([CH3])[CH3]. The molecule has 96 valence electrons. The molecule has 0 fully saturated rings. The Morgan fingerprint density at radius 2 is 1.44 bits per heavy atom. The fraction of sp³-hybridized carbons (Fsp3) is 0.857. The number of allylic oxidation sites excluding steroid dienone is 1. The Bertz CT molecular complexity index is 261. The third-order valence-corrected chi connectivity index (χ3v) is 16.7. The van der Waals surface area contributed by atoms with Gasteiger partial charge in [0, 0.05) is 0 Å². The van der Waals surface area contributed by atoms with E-state index >= 15 is 0 Å². The number of hydrogen-bond donors (Lipinski definition) is 0. The van der Waals surface area contributed by atoms with Crippen LogP contribution in [0.25, 0.3) is 0 Å². The molecular formula is C14H32SiSn. The molecule has 0 nitrogen and oxygen atoms in total. The third kappa shape index (κ3) is 4.56. The Morgan fingerprint density at radius 1 is 1.06 bits per heavy atom. The zero-order valence-electron chi connectivity index (χ0n) is 13.2. The second kappa shape index (κ2) is 5.17. The van der Waals surface area contributed by atoms with Crippen molar-refractivity contribution in [2.24, 2.45) is 5.92 Å². The van der Waals surface area contributed by atoms with Crippen molar-refractivity contribution < 1.29 is 0 Å². The van der Waals surface area contributed by atoms with Crippen LogP contribution < -0.4 is 0 Å². The molecule has 0 N–H and O–H groups in total. The van der Waals surface area contributed by atoms with E-state index < -0.39 is 26.5 Å². The van der Waals surface area contributed by atoms with Gasteiger partial charge in [0.2, 0.25) is 0 Å². The minimum absolute atomic E-state index is 0.476. The van der Waals surface area contributed by atoms with Gasteiger partial charge in [-0.2, -0.15) is 0 Å². The van der Waals surface area contributed by atoms with E-state index in [0.29, 0.717) is 5.04 Å². The Morgan fingerprint density at radius 3 is 1.62 bits per heavy atom. The normalized spacial score (nSPS) is 15.8. The monoisotopic (exact) mass is 348 g/mol. The van der Waals surface area contributed by atoms with Crippen LogP contribution in [0.2, 0.25) is 33.0 Å². The van der Waals surface area contributed by atoms with Crippen molar-refractivity contribution >= 4 is 26.5 Å². The average Bonchev–Trinajstić information content (AvgIpc) is 1.95. The van der Waals surface area contributed by atoms with Gasteiger partial charge in [-0.05, 0) is 0 Å². The summed E-state index contributed by atoms with van der Waals surface area (Å²) in [7, 11) is -1.25. The molecular weight excluding hydrogens is 315 g/mol. The van der Waals surface area contributed by atoms with Crippen molar-refractivity contribution in [2.45, 2.75) is 67.6 Å². The van der Waals surface area contributed by atoms with Crippen LogP contribution in [0.3, 0.4) is 0 Å². The number of rotatable bonds is 3. The summed E-state index contributed by atoms with van der Waals surface area (Å²) in [6.45, 7) is 17.0. The van der Waals surface area contributed by atoms with Crippen molar-refractivity contribution in [1.29, 1.82) is 0 Å². The van der Waals surface area contributed by atoms with Gasteiger partial charge >= 0.3 is 109 Å². The molecule has 0 aromatic rings. The molecule has 0 aromatic heterocycles. The van der Waals surface area contributed by atoms with Gasteiger partial charge in [0.25, 0.3) is 0 Å². The summed E-state index contributed by atoms with van der Waals surface area (Å²) in [6.07, 6.45) is 0. The Kier molecular flexibility index (Phi) is 5.42. The minimum atomic E-state index is -1.89. The van der Waals surface area contributed by atoms with Crippen molar-refractivity contribution in [3.63, 3.8) is 0 Å². The van der Waals surface area contributed by atoms with E-state index in [1.807, 2.05) is 3.59 Å². The predicted molar refractivity (Wildman–Crippen MR) is 83.5 cm³/mol. The first kappa shape index (κ1) is 16.8. The molecule has 0 saturated heterocycles. The van der Waals surface area contributed by atoms with Crippen LogP contribution in [-0.4, -0.2) is 26.5 Å². The first-order chi connectivity index (χ1) is 6.79. The van der Waals surface area contributed by atoms with Gasteiger partial charge < -0.3 is 0 Å². The molecule has 0 unspecified atom stereocenters. The second-order valence-corrected chi connectivity index (χ2v) is 27.7. The Balaban J connectivity index is 5.41. The van der Waals surface area contributed by atoms with Crippen LogP contribution in [0.1, 0.15) is 34.6 Å². The summed E-state index contributed by atoms with van der Waals surface area (Å²) in [5, 5.41) is 0.476. The molecule has 0 amide bonds. The van der Waals surface area contributed by atoms with E-state index in [2.05, 4.69) is 68.2 Å². The topological polar surface area (TPSA) is 0 Å². The second-order valence-electron chi connectivity index (χ2n) is 7.98. The fourth-order valence-corrected chi connectivity index (χ4v) is 15.6. The van der Waals surface area contributed by atoms with E-state index in [9.17, 15) is 0 Å². The standard InChI is InChI=1S/C11H23Si.3CH3.Sn/c1-10(2)8-9-12(6,7)11(3,4)5;;;;/h9-10H,1-7H3;3*1H3;. The molecule has 0 spiro atoms. The van der Waals surface area contributed by atoms with Gasteiger partial charge in [-0.25, -0.2) is 0 Å². The zero-order valence-corrected chi connectivity index (χ0v) is 17.0. The summed E-state index contributed by atoms with van der Waals surface area (Å²) in [5.41, 5.74) is 2.74. The summed E-state index contributed by atoms with van der Waals surface area (Å²) < 4.78 is 1.85. The van der Waals surface area contributed by atoms with Gasteiger partial charge in [-0.15, -0.1) is 0 Å². The third-order valence-electron chi connectivity index (χ3n) is 3.94. The molecule has 0 heterocycles. The first-order valence-corrected chi connectivity index (χ1v) is 19.6. The van der Waals surface area contributed by atoms with E-state index in [1.165, 1.54) is 0 Å². The van der Waals surface area contributed by atoms with Crippen molar-refractivity contribution in [3.05, 3.63) is 9.29 Å². The Hall–Kier alpha value is 0.756. The maximum absolute atomic E-state index is 2.74. The van der Waals surface area contributed by atoms with Crippen molar-refractivity contribution in [3.8, 4) is 0 Å². The van der Waals surface area contributed by atoms with Gasteiger partial charge in [0.05, 0.1) is 0 Å². The van der Waals surface area contributed by atoms with Gasteiger partial charge in [0.1, 0.15) is 0 Å². The molecule has 0 aliphatic carbocycles. The molecule has 0 aliphatic heterocycles. The van der Waals surface area contributed by atoms with Crippen LogP contribution in [0.5, 0.6) is 0 Å². The number of hydrogen-bond acceptors (Lipinski definition) is 0. The summed E-state index contributed by atoms with van der Waals surface area (Å²) in [4.78, 5) is 7.65. The van der Waals surface area contributed by atoms with E-state index in [0.717, 1.165) is 5.92 Å². The maximum atomic E-state index is 2.74. The molecule has 0 aromatic carbocycles. The molecule has 0 radical (unpaired) electrons. The van der Waals surface area contributed by atoms with Gasteiger partial charge in [0.15, 0.2) is 0 Å². The van der Waals surface area contributed by atoms with E-state index in [1.54, 1.807) is 0 Å². The zero-order chi connectivity index (χ0) is 13.4. The van der Waals surface area contributed by atoms with Crippen LogP contribution in [0.15, 0.2) is 9.29 Å². The van der Waals surface area contributed by atoms with Gasteiger partial charge in [-0.3, -0.25) is 0 Å². The van der Waals surface area contributed by atoms with Crippen molar-refractivity contribution in [1.82, 2.24) is 0 Å². The summed E-state index contributed by atoms with van der Waals surface area (Å²) in [6, 6.07) is 0. The molecule has 0 bridgehead atoms. The van der Waals surface area contributed by atoms with Crippen LogP contribution in [0.4, 0.5) is 0 Å². The quantitative estimate of drug-likeness (QED) is 0.592. The van der Waals surface area contributed by atoms with E-state index in [4.69, 9.17) is 0 Å². The molecule has 2 heteroatoms. The molecule has 0 rings (SSSR count). The predicted octanol–water partition coefficient (Wildman–Crippen LogP) is 5.49. The van der Waals surface area contributed by atoms with Crippen LogP contribution in [-0.2, 0) is 0 Å². The summed E-state index contributed by atoms with van der Waals surface area (Å²) in [5.74, 6) is 0.755. The van der Waals surface area contributed by atoms with Crippen LogP contribution in [0, 0.1) is 5.92 Å². The summed E-state index contributed by atoms with van der Waals surface area (Å²) >= 11 is -1.89. The molecule has 0 atom stereocenters.